The van der Waals surface area contributed by atoms with E-state index in [9.17, 15) is 9.59 Å². The largest absolute Gasteiger partial charge is 0.352 e. The summed E-state index contributed by atoms with van der Waals surface area (Å²) in [6, 6.07) is 15.3. The number of nitrogens with zero attached hydrogens (tertiary/aromatic N) is 1. The Kier molecular flexibility index (Phi) is 9.57. The molecule has 31 heavy (non-hydrogen) atoms. The Morgan fingerprint density at radius 1 is 1.00 bits per heavy atom. The Hall–Kier alpha value is -2.33. The van der Waals surface area contributed by atoms with E-state index in [0.717, 1.165) is 17.5 Å². The molecule has 0 saturated carbocycles. The molecule has 4 nitrogen and oxygen atoms in total. The molecular formula is C26H35ClN2O2. The van der Waals surface area contributed by atoms with Crippen LogP contribution in [0.2, 0.25) is 5.02 Å². The minimum atomic E-state index is -0.582. The molecule has 0 aliphatic rings. The van der Waals surface area contributed by atoms with Crippen LogP contribution in [0.25, 0.3) is 0 Å². The molecule has 0 saturated heterocycles. The molecule has 0 aliphatic carbocycles. The van der Waals surface area contributed by atoms with Crippen LogP contribution in [0.15, 0.2) is 48.5 Å². The third-order valence-electron chi connectivity index (χ3n) is 5.74. The average molecular weight is 443 g/mol. The summed E-state index contributed by atoms with van der Waals surface area (Å²) in [5, 5.41) is 3.59. The molecule has 0 spiro atoms. The van der Waals surface area contributed by atoms with Gasteiger partial charge in [0.1, 0.15) is 6.04 Å². The first kappa shape index (κ1) is 24.9. The van der Waals surface area contributed by atoms with Gasteiger partial charge in [-0.1, -0.05) is 74.8 Å². The number of rotatable bonds is 10. The molecule has 2 unspecified atom stereocenters. The summed E-state index contributed by atoms with van der Waals surface area (Å²) in [7, 11) is 0. The Morgan fingerprint density at radius 3 is 2.23 bits per heavy atom. The van der Waals surface area contributed by atoms with E-state index in [2.05, 4.69) is 43.4 Å². The van der Waals surface area contributed by atoms with Gasteiger partial charge in [-0.3, -0.25) is 9.59 Å². The molecule has 0 fully saturated rings. The molecule has 2 rings (SSSR count). The molecule has 2 atom stereocenters. The smallest absolute Gasteiger partial charge is 0.242 e. The van der Waals surface area contributed by atoms with Crippen LogP contribution in [0.1, 0.15) is 70.1 Å². The highest BCUT2D eigenvalue weighted by Crippen LogP contribution is 2.20. The van der Waals surface area contributed by atoms with Crippen molar-refractivity contribution in [2.45, 2.75) is 78.4 Å². The maximum atomic E-state index is 13.2. The van der Waals surface area contributed by atoms with E-state index in [1.165, 1.54) is 5.56 Å². The van der Waals surface area contributed by atoms with E-state index in [4.69, 9.17) is 11.6 Å². The van der Waals surface area contributed by atoms with E-state index >= 15 is 0 Å². The minimum Gasteiger partial charge on any atom is -0.352 e. The number of hydrogen-bond donors (Lipinski definition) is 1. The normalized spacial score (nSPS) is 13.0. The first-order valence-electron chi connectivity index (χ1n) is 11.1. The summed E-state index contributed by atoms with van der Waals surface area (Å²) >= 11 is 6.34. The second-order valence-corrected chi connectivity index (χ2v) is 8.91. The van der Waals surface area contributed by atoms with Crippen molar-refractivity contribution in [1.29, 1.82) is 0 Å². The van der Waals surface area contributed by atoms with Crippen molar-refractivity contribution in [3.63, 3.8) is 0 Å². The first-order valence-corrected chi connectivity index (χ1v) is 11.5. The number of halogens is 1. The molecule has 2 aromatic rings. The summed E-state index contributed by atoms with van der Waals surface area (Å²) in [4.78, 5) is 27.6. The van der Waals surface area contributed by atoms with Crippen LogP contribution in [0.3, 0.4) is 0 Å². The third-order valence-corrected chi connectivity index (χ3v) is 6.11. The van der Waals surface area contributed by atoms with Crippen molar-refractivity contribution in [2.24, 2.45) is 0 Å². The van der Waals surface area contributed by atoms with Crippen molar-refractivity contribution in [3.8, 4) is 0 Å². The predicted octanol–water partition coefficient (Wildman–Crippen LogP) is 5.73. The lowest BCUT2D eigenvalue weighted by Gasteiger charge is -2.30. The van der Waals surface area contributed by atoms with Crippen molar-refractivity contribution in [3.05, 3.63) is 70.2 Å². The Labute approximate surface area is 192 Å². The number of amides is 2. The minimum absolute atomic E-state index is 0.0559. The SMILES string of the molecule is CCC(C)NC(=O)C(C)N(Cc1ccccc1Cl)C(=O)CCc1ccc(C(C)C)cc1. The van der Waals surface area contributed by atoms with Gasteiger partial charge < -0.3 is 10.2 Å². The van der Waals surface area contributed by atoms with Crippen LogP contribution in [0.5, 0.6) is 0 Å². The maximum Gasteiger partial charge on any atom is 0.242 e. The number of aryl methyl sites for hydroxylation is 1. The van der Waals surface area contributed by atoms with Crippen LogP contribution >= 0.6 is 11.6 Å². The van der Waals surface area contributed by atoms with Gasteiger partial charge in [-0.15, -0.1) is 0 Å². The zero-order valence-corrected chi connectivity index (χ0v) is 20.1. The van der Waals surface area contributed by atoms with Crippen molar-refractivity contribution in [2.75, 3.05) is 0 Å². The fourth-order valence-electron chi connectivity index (χ4n) is 3.32. The Balaban J connectivity index is 2.14. The van der Waals surface area contributed by atoms with Crippen LogP contribution in [0, 0.1) is 0 Å². The average Bonchev–Trinajstić information content (AvgIpc) is 2.76. The van der Waals surface area contributed by atoms with Crippen molar-refractivity contribution < 1.29 is 9.59 Å². The highest BCUT2D eigenvalue weighted by molar-refractivity contribution is 6.31. The monoisotopic (exact) mass is 442 g/mol. The number of nitrogens with one attached hydrogen (secondary N) is 1. The van der Waals surface area contributed by atoms with E-state index < -0.39 is 6.04 Å². The van der Waals surface area contributed by atoms with Gasteiger partial charge >= 0.3 is 0 Å². The van der Waals surface area contributed by atoms with Gasteiger partial charge in [-0.25, -0.2) is 0 Å². The zero-order valence-electron chi connectivity index (χ0n) is 19.3. The molecule has 1 N–H and O–H groups in total. The van der Waals surface area contributed by atoms with Gasteiger partial charge in [0.05, 0.1) is 0 Å². The summed E-state index contributed by atoms with van der Waals surface area (Å²) in [5.41, 5.74) is 3.24. The van der Waals surface area contributed by atoms with Gasteiger partial charge in [-0.2, -0.15) is 0 Å². The van der Waals surface area contributed by atoms with Crippen molar-refractivity contribution in [1.82, 2.24) is 10.2 Å². The lowest BCUT2D eigenvalue weighted by atomic mass is 10.00. The molecule has 5 heteroatoms. The zero-order chi connectivity index (χ0) is 23.0. The maximum absolute atomic E-state index is 13.2. The van der Waals surface area contributed by atoms with E-state index in [1.54, 1.807) is 17.9 Å². The molecule has 0 heterocycles. The number of benzene rings is 2. The Morgan fingerprint density at radius 2 is 1.65 bits per heavy atom. The van der Waals surface area contributed by atoms with Gasteiger partial charge in [0.2, 0.25) is 11.8 Å². The number of carbonyl (C=O) groups excluding carboxylic acids is 2. The standard InChI is InChI=1S/C26H35ClN2O2/c1-6-19(4)28-26(31)20(5)29(17-23-9-7-8-10-24(23)27)25(30)16-13-21-11-14-22(15-12-21)18(2)3/h7-12,14-15,18-20H,6,13,16-17H2,1-5H3,(H,28,31). The van der Waals surface area contributed by atoms with Crippen LogP contribution in [0.4, 0.5) is 0 Å². The van der Waals surface area contributed by atoms with Crippen LogP contribution in [-0.4, -0.2) is 28.8 Å². The van der Waals surface area contributed by atoms with Crippen molar-refractivity contribution >= 4 is 23.4 Å². The number of carbonyl (C=O) groups is 2. The lowest BCUT2D eigenvalue weighted by molar-refractivity contribution is -0.140. The number of hydrogen-bond acceptors (Lipinski definition) is 2. The van der Waals surface area contributed by atoms with Crippen LogP contribution < -0.4 is 5.32 Å². The first-order chi connectivity index (χ1) is 14.7. The Bertz CT molecular complexity index is 864. The fourth-order valence-corrected chi connectivity index (χ4v) is 3.52. The third kappa shape index (κ3) is 7.39. The second-order valence-electron chi connectivity index (χ2n) is 8.50. The summed E-state index contributed by atoms with van der Waals surface area (Å²) < 4.78 is 0. The summed E-state index contributed by atoms with van der Waals surface area (Å²) in [6.07, 6.45) is 1.81. The molecule has 0 bridgehead atoms. The topological polar surface area (TPSA) is 49.4 Å². The van der Waals surface area contributed by atoms with E-state index in [0.29, 0.717) is 30.3 Å². The molecular weight excluding hydrogens is 408 g/mol. The second kappa shape index (κ2) is 11.9. The van der Waals surface area contributed by atoms with Gasteiger partial charge in [0.15, 0.2) is 0 Å². The highest BCUT2D eigenvalue weighted by Gasteiger charge is 2.27. The van der Waals surface area contributed by atoms with Gasteiger partial charge in [0, 0.05) is 24.0 Å². The fraction of sp³-hybridized carbons (Fsp3) is 0.462. The molecule has 0 aliphatic heterocycles. The highest BCUT2D eigenvalue weighted by atomic mass is 35.5. The van der Waals surface area contributed by atoms with Gasteiger partial charge in [0.25, 0.3) is 0 Å². The molecule has 0 radical (unpaired) electrons. The van der Waals surface area contributed by atoms with Gasteiger partial charge in [-0.05, 0) is 55.4 Å². The molecule has 2 aromatic carbocycles. The molecule has 0 aromatic heterocycles. The van der Waals surface area contributed by atoms with Crippen LogP contribution in [-0.2, 0) is 22.6 Å². The summed E-state index contributed by atoms with van der Waals surface area (Å²) in [6.45, 7) is 10.4. The predicted molar refractivity (Wildman–Crippen MR) is 128 cm³/mol. The molecule has 168 valence electrons. The lowest BCUT2D eigenvalue weighted by Crippen LogP contribution is -2.49. The van der Waals surface area contributed by atoms with E-state index in [-0.39, 0.29) is 17.9 Å². The summed E-state index contributed by atoms with van der Waals surface area (Å²) in [5.74, 6) is 0.280. The molecule has 2 amide bonds. The quantitative estimate of drug-likeness (QED) is 0.510. The van der Waals surface area contributed by atoms with E-state index in [1.807, 2.05) is 32.0 Å².